The number of sulfone groups is 1. The van der Waals surface area contributed by atoms with Gasteiger partial charge in [0.15, 0.2) is 9.84 Å². The molecule has 0 spiro atoms. The van der Waals surface area contributed by atoms with E-state index in [4.69, 9.17) is 4.42 Å². The first-order chi connectivity index (χ1) is 12.2. The van der Waals surface area contributed by atoms with E-state index in [2.05, 4.69) is 6.92 Å². The molecule has 140 valence electrons. The van der Waals surface area contributed by atoms with Crippen LogP contribution in [0.25, 0.3) is 0 Å². The highest BCUT2D eigenvalue weighted by Crippen LogP contribution is 2.42. The lowest BCUT2D eigenvalue weighted by Crippen LogP contribution is -2.36. The van der Waals surface area contributed by atoms with E-state index in [0.717, 1.165) is 36.7 Å². The van der Waals surface area contributed by atoms with Crippen molar-refractivity contribution in [1.82, 2.24) is 0 Å². The van der Waals surface area contributed by atoms with Gasteiger partial charge in [0.25, 0.3) is 5.69 Å². The number of nitro groups is 1. The second-order valence-corrected chi connectivity index (χ2v) is 8.98. The van der Waals surface area contributed by atoms with Gasteiger partial charge in [-0.25, -0.2) is 8.42 Å². The van der Waals surface area contributed by atoms with Gasteiger partial charge in [0.1, 0.15) is 17.2 Å². The van der Waals surface area contributed by atoms with Gasteiger partial charge < -0.3 is 9.32 Å². The maximum Gasteiger partial charge on any atom is 0.293 e. The molecule has 1 aliphatic rings. The van der Waals surface area contributed by atoms with Crippen LogP contribution in [0.15, 0.2) is 39.6 Å². The minimum atomic E-state index is -3.52. The van der Waals surface area contributed by atoms with Crippen molar-refractivity contribution in [2.24, 2.45) is 5.92 Å². The van der Waals surface area contributed by atoms with Crippen molar-refractivity contribution < 1.29 is 17.8 Å². The third-order valence-electron chi connectivity index (χ3n) is 4.84. The number of furan rings is 1. The lowest BCUT2D eigenvalue weighted by atomic mass is 9.90. The van der Waals surface area contributed by atoms with E-state index in [0.29, 0.717) is 18.2 Å². The molecule has 1 aromatic carbocycles. The van der Waals surface area contributed by atoms with Crippen molar-refractivity contribution >= 4 is 21.2 Å². The molecule has 8 heteroatoms. The first-order valence-electron chi connectivity index (χ1n) is 8.48. The zero-order valence-corrected chi connectivity index (χ0v) is 15.8. The van der Waals surface area contributed by atoms with Crippen LogP contribution in [-0.4, -0.2) is 26.1 Å². The molecule has 1 aliphatic heterocycles. The van der Waals surface area contributed by atoms with Gasteiger partial charge >= 0.3 is 0 Å². The molecule has 1 saturated heterocycles. The molecule has 26 heavy (non-hydrogen) atoms. The fourth-order valence-corrected chi connectivity index (χ4v) is 4.10. The SMILES string of the molecule is Cc1ccc(C2CC(C)CCN2c2ccc(S(C)(=O)=O)cc2[N+](=O)[O-])o1. The van der Waals surface area contributed by atoms with Gasteiger partial charge in [0, 0.05) is 18.9 Å². The molecule has 0 bridgehead atoms. The molecule has 2 atom stereocenters. The zero-order chi connectivity index (χ0) is 19.1. The van der Waals surface area contributed by atoms with Crippen molar-refractivity contribution in [2.45, 2.75) is 37.6 Å². The predicted octanol–water partition coefficient (Wildman–Crippen LogP) is 3.88. The molecule has 2 unspecified atom stereocenters. The van der Waals surface area contributed by atoms with E-state index in [1.165, 1.54) is 12.1 Å². The van der Waals surface area contributed by atoms with E-state index in [9.17, 15) is 18.5 Å². The largest absolute Gasteiger partial charge is 0.464 e. The summed E-state index contributed by atoms with van der Waals surface area (Å²) in [6.07, 6.45) is 2.77. The van der Waals surface area contributed by atoms with Crippen LogP contribution in [0, 0.1) is 23.0 Å². The molecule has 0 aliphatic carbocycles. The molecule has 0 radical (unpaired) electrons. The molecule has 7 nitrogen and oxygen atoms in total. The number of nitrogens with zero attached hydrogens (tertiary/aromatic N) is 2. The number of anilines is 1. The Labute approximate surface area is 152 Å². The Morgan fingerprint density at radius 2 is 2.00 bits per heavy atom. The van der Waals surface area contributed by atoms with Crippen molar-refractivity contribution in [1.29, 1.82) is 0 Å². The van der Waals surface area contributed by atoms with Crippen LogP contribution >= 0.6 is 0 Å². The first kappa shape index (κ1) is 18.4. The number of rotatable bonds is 4. The van der Waals surface area contributed by atoms with E-state index in [-0.39, 0.29) is 16.6 Å². The van der Waals surface area contributed by atoms with Crippen LogP contribution in [0.3, 0.4) is 0 Å². The Hall–Kier alpha value is -2.35. The van der Waals surface area contributed by atoms with E-state index in [1.807, 2.05) is 24.0 Å². The fraction of sp³-hybridized carbons (Fsp3) is 0.444. The lowest BCUT2D eigenvalue weighted by Gasteiger charge is -2.38. The highest BCUT2D eigenvalue weighted by molar-refractivity contribution is 7.90. The third-order valence-corrected chi connectivity index (χ3v) is 5.95. The summed E-state index contributed by atoms with van der Waals surface area (Å²) in [5.41, 5.74) is 0.226. The van der Waals surface area contributed by atoms with Crippen molar-refractivity contribution in [2.75, 3.05) is 17.7 Å². The monoisotopic (exact) mass is 378 g/mol. The molecule has 2 aromatic rings. The van der Waals surface area contributed by atoms with Gasteiger partial charge in [-0.05, 0) is 49.9 Å². The smallest absolute Gasteiger partial charge is 0.293 e. The van der Waals surface area contributed by atoms with Crippen molar-refractivity contribution in [3.63, 3.8) is 0 Å². The minimum Gasteiger partial charge on any atom is -0.464 e. The number of nitro benzene ring substituents is 1. The second kappa shape index (κ2) is 6.75. The van der Waals surface area contributed by atoms with Crippen LogP contribution in [0.4, 0.5) is 11.4 Å². The molecular formula is C18H22N2O5S. The summed E-state index contributed by atoms with van der Waals surface area (Å²) in [5, 5.41) is 11.6. The van der Waals surface area contributed by atoms with E-state index < -0.39 is 14.8 Å². The van der Waals surface area contributed by atoms with Crippen LogP contribution < -0.4 is 4.90 Å². The zero-order valence-electron chi connectivity index (χ0n) is 15.0. The van der Waals surface area contributed by atoms with E-state index >= 15 is 0 Å². The minimum absolute atomic E-state index is 0.0521. The Balaban J connectivity index is 2.09. The quantitative estimate of drug-likeness (QED) is 0.592. The standard InChI is InChI=1S/C18H22N2O5S/c1-12-8-9-19(17(10-12)18-7-4-13(2)25-18)15-6-5-14(26(3,23)24)11-16(15)20(21)22/h4-7,11-12,17H,8-10H2,1-3H3. The Bertz CT molecular complexity index is 935. The summed E-state index contributed by atoms with van der Waals surface area (Å²) in [4.78, 5) is 13.0. The average molecular weight is 378 g/mol. The summed E-state index contributed by atoms with van der Waals surface area (Å²) in [6, 6.07) is 7.78. The normalized spacial score (nSPS) is 21.0. The molecule has 3 rings (SSSR count). The number of aryl methyl sites for hydroxylation is 1. The maximum atomic E-state index is 11.8. The Morgan fingerprint density at radius 1 is 1.27 bits per heavy atom. The van der Waals surface area contributed by atoms with Gasteiger partial charge in [-0.2, -0.15) is 0 Å². The summed E-state index contributed by atoms with van der Waals surface area (Å²) in [7, 11) is -3.52. The van der Waals surface area contributed by atoms with Gasteiger partial charge in [-0.3, -0.25) is 10.1 Å². The first-order valence-corrected chi connectivity index (χ1v) is 10.4. The van der Waals surface area contributed by atoms with E-state index in [1.54, 1.807) is 0 Å². The number of piperidine rings is 1. The highest BCUT2D eigenvalue weighted by atomic mass is 32.2. The lowest BCUT2D eigenvalue weighted by molar-refractivity contribution is -0.384. The molecule has 0 amide bonds. The van der Waals surface area contributed by atoms with Crippen LogP contribution in [-0.2, 0) is 9.84 Å². The Morgan fingerprint density at radius 3 is 2.58 bits per heavy atom. The molecule has 1 aromatic heterocycles. The highest BCUT2D eigenvalue weighted by Gasteiger charge is 2.34. The molecule has 2 heterocycles. The van der Waals surface area contributed by atoms with Crippen molar-refractivity contribution in [3.05, 3.63) is 52.0 Å². The fourth-order valence-electron chi connectivity index (χ4n) is 3.46. The molecular weight excluding hydrogens is 356 g/mol. The summed E-state index contributed by atoms with van der Waals surface area (Å²) in [5.74, 6) is 2.03. The molecule has 0 saturated carbocycles. The summed E-state index contributed by atoms with van der Waals surface area (Å²) in [6.45, 7) is 4.66. The number of benzene rings is 1. The van der Waals surface area contributed by atoms with Crippen LogP contribution in [0.5, 0.6) is 0 Å². The molecule has 1 fully saturated rings. The predicted molar refractivity (Wildman–Crippen MR) is 98.1 cm³/mol. The summed E-state index contributed by atoms with van der Waals surface area (Å²) < 4.78 is 29.3. The van der Waals surface area contributed by atoms with Gasteiger partial charge in [-0.1, -0.05) is 6.92 Å². The summed E-state index contributed by atoms with van der Waals surface area (Å²) >= 11 is 0. The van der Waals surface area contributed by atoms with Gasteiger partial charge in [-0.15, -0.1) is 0 Å². The molecule has 0 N–H and O–H groups in total. The Kier molecular flexibility index (Phi) is 4.79. The topological polar surface area (TPSA) is 93.7 Å². The number of hydrogen-bond acceptors (Lipinski definition) is 6. The third kappa shape index (κ3) is 3.60. The van der Waals surface area contributed by atoms with Crippen molar-refractivity contribution in [3.8, 4) is 0 Å². The van der Waals surface area contributed by atoms with Gasteiger partial charge in [0.2, 0.25) is 0 Å². The van der Waals surface area contributed by atoms with Gasteiger partial charge in [0.05, 0.1) is 15.9 Å². The van der Waals surface area contributed by atoms with Crippen LogP contribution in [0.1, 0.15) is 37.3 Å². The maximum absolute atomic E-state index is 11.8. The van der Waals surface area contributed by atoms with Crippen LogP contribution in [0.2, 0.25) is 0 Å². The average Bonchev–Trinajstić information content (AvgIpc) is 3.00. The number of hydrogen-bond donors (Lipinski definition) is 0. The second-order valence-electron chi connectivity index (χ2n) is 6.97.